The number of hydrogen-bond donors (Lipinski definition) is 1. The number of aryl methyl sites for hydroxylation is 2. The molecule has 0 aliphatic heterocycles. The van der Waals surface area contributed by atoms with Crippen LogP contribution in [0.25, 0.3) is 16.7 Å². The zero-order valence-corrected chi connectivity index (χ0v) is 12.7. The molecule has 0 saturated heterocycles. The minimum absolute atomic E-state index is 0.300. The van der Waals surface area contributed by atoms with E-state index in [-0.39, 0.29) is 5.82 Å². The monoisotopic (exact) mass is 333 g/mol. The van der Waals surface area contributed by atoms with Crippen LogP contribution in [0.2, 0.25) is 0 Å². The zero-order chi connectivity index (χ0) is 14.4. The van der Waals surface area contributed by atoms with Crippen molar-refractivity contribution in [1.82, 2.24) is 9.55 Å². The van der Waals surface area contributed by atoms with Crippen molar-refractivity contribution in [2.45, 2.75) is 13.8 Å². The number of hydrogen-bond acceptors (Lipinski definition) is 2. The molecule has 3 aromatic rings. The second-order valence-electron chi connectivity index (χ2n) is 4.83. The summed E-state index contributed by atoms with van der Waals surface area (Å²) < 4.78 is 16.3. The van der Waals surface area contributed by atoms with Gasteiger partial charge in [0.2, 0.25) is 5.95 Å². The van der Waals surface area contributed by atoms with Gasteiger partial charge in [-0.05, 0) is 49.2 Å². The average molecular weight is 334 g/mol. The standard InChI is InChI=1S/C15H13BrFN3/c1-8-5-10(16)6-9(2)14(8)20-13-7-11(17)3-4-12(13)19-15(20)18/h3-7H,1-2H3,(H2,18,19). The lowest BCUT2D eigenvalue weighted by atomic mass is 10.1. The van der Waals surface area contributed by atoms with E-state index in [1.165, 1.54) is 12.1 Å². The molecule has 2 N–H and O–H groups in total. The van der Waals surface area contributed by atoms with E-state index in [1.807, 2.05) is 26.0 Å². The number of aromatic nitrogens is 2. The first-order valence-corrected chi connectivity index (χ1v) is 6.97. The average Bonchev–Trinajstić information content (AvgIpc) is 2.65. The lowest BCUT2D eigenvalue weighted by Crippen LogP contribution is -2.05. The van der Waals surface area contributed by atoms with Crippen LogP contribution in [0.5, 0.6) is 0 Å². The Morgan fingerprint density at radius 1 is 1.15 bits per heavy atom. The molecule has 2 aromatic carbocycles. The molecule has 0 radical (unpaired) electrons. The fourth-order valence-corrected chi connectivity index (χ4v) is 3.24. The molecule has 0 bridgehead atoms. The zero-order valence-electron chi connectivity index (χ0n) is 11.1. The van der Waals surface area contributed by atoms with E-state index in [1.54, 1.807) is 10.6 Å². The number of rotatable bonds is 1. The quantitative estimate of drug-likeness (QED) is 0.727. The largest absolute Gasteiger partial charge is 0.369 e. The molecule has 1 aromatic heterocycles. The molecule has 1 heterocycles. The number of nitrogens with zero attached hydrogens (tertiary/aromatic N) is 2. The Morgan fingerprint density at radius 2 is 1.80 bits per heavy atom. The van der Waals surface area contributed by atoms with Gasteiger partial charge < -0.3 is 5.73 Å². The molecule has 5 heteroatoms. The molecular weight excluding hydrogens is 321 g/mol. The summed E-state index contributed by atoms with van der Waals surface area (Å²) in [5.74, 6) is 0.0604. The summed E-state index contributed by atoms with van der Waals surface area (Å²) >= 11 is 3.47. The Balaban J connectivity index is 2.40. The molecular formula is C15H13BrFN3. The summed E-state index contributed by atoms with van der Waals surface area (Å²) in [6.45, 7) is 4.00. The Kier molecular flexibility index (Phi) is 3.01. The third-order valence-electron chi connectivity index (χ3n) is 3.32. The second-order valence-corrected chi connectivity index (χ2v) is 5.74. The van der Waals surface area contributed by atoms with Gasteiger partial charge in [-0.2, -0.15) is 0 Å². The van der Waals surface area contributed by atoms with Crippen LogP contribution in [0.15, 0.2) is 34.8 Å². The maximum absolute atomic E-state index is 13.5. The summed E-state index contributed by atoms with van der Waals surface area (Å²) in [6.07, 6.45) is 0. The topological polar surface area (TPSA) is 43.8 Å². The van der Waals surface area contributed by atoms with E-state index >= 15 is 0 Å². The molecule has 102 valence electrons. The summed E-state index contributed by atoms with van der Waals surface area (Å²) in [5, 5.41) is 0. The lowest BCUT2D eigenvalue weighted by Gasteiger charge is -2.14. The molecule has 0 unspecified atom stereocenters. The molecule has 0 amide bonds. The van der Waals surface area contributed by atoms with E-state index in [9.17, 15) is 4.39 Å². The number of fused-ring (bicyclic) bond motifs is 1. The normalized spacial score (nSPS) is 11.2. The smallest absolute Gasteiger partial charge is 0.205 e. The molecule has 0 fully saturated rings. The van der Waals surface area contributed by atoms with Crippen molar-refractivity contribution in [3.05, 3.63) is 51.7 Å². The van der Waals surface area contributed by atoms with Crippen LogP contribution in [-0.2, 0) is 0 Å². The first kappa shape index (κ1) is 13.1. The Bertz CT molecular complexity index is 800. The van der Waals surface area contributed by atoms with Gasteiger partial charge >= 0.3 is 0 Å². The van der Waals surface area contributed by atoms with Gasteiger partial charge in [0.1, 0.15) is 5.82 Å². The van der Waals surface area contributed by atoms with Crippen LogP contribution < -0.4 is 5.73 Å². The highest BCUT2D eigenvalue weighted by Crippen LogP contribution is 2.30. The van der Waals surface area contributed by atoms with E-state index in [2.05, 4.69) is 20.9 Å². The molecule has 20 heavy (non-hydrogen) atoms. The highest BCUT2D eigenvalue weighted by atomic mass is 79.9. The van der Waals surface area contributed by atoms with Crippen LogP contribution in [0.4, 0.5) is 10.3 Å². The van der Waals surface area contributed by atoms with Crippen LogP contribution in [0.1, 0.15) is 11.1 Å². The maximum atomic E-state index is 13.5. The Labute approximate surface area is 124 Å². The number of nitrogens with two attached hydrogens (primary N) is 1. The van der Waals surface area contributed by atoms with E-state index < -0.39 is 0 Å². The molecule has 0 saturated carbocycles. The minimum atomic E-state index is -0.300. The number of imidazole rings is 1. The van der Waals surface area contributed by atoms with Crippen molar-refractivity contribution in [3.63, 3.8) is 0 Å². The number of halogens is 2. The van der Waals surface area contributed by atoms with Gasteiger partial charge in [-0.1, -0.05) is 15.9 Å². The number of benzene rings is 2. The highest BCUT2D eigenvalue weighted by molar-refractivity contribution is 9.10. The van der Waals surface area contributed by atoms with Crippen LogP contribution in [0, 0.1) is 19.7 Å². The first-order chi connectivity index (χ1) is 9.47. The Morgan fingerprint density at radius 3 is 2.45 bits per heavy atom. The number of anilines is 1. The van der Waals surface area contributed by atoms with Gasteiger partial charge in [-0.25, -0.2) is 9.37 Å². The van der Waals surface area contributed by atoms with Gasteiger partial charge in [-0.3, -0.25) is 4.57 Å². The van der Waals surface area contributed by atoms with Crippen molar-refractivity contribution in [1.29, 1.82) is 0 Å². The highest BCUT2D eigenvalue weighted by Gasteiger charge is 2.15. The first-order valence-electron chi connectivity index (χ1n) is 6.18. The third-order valence-corrected chi connectivity index (χ3v) is 3.78. The van der Waals surface area contributed by atoms with Crippen molar-refractivity contribution in [3.8, 4) is 5.69 Å². The van der Waals surface area contributed by atoms with E-state index in [4.69, 9.17) is 5.73 Å². The predicted octanol–water partition coefficient (Wildman–Crippen LogP) is 4.13. The van der Waals surface area contributed by atoms with Gasteiger partial charge in [0.05, 0.1) is 16.7 Å². The van der Waals surface area contributed by atoms with Crippen LogP contribution >= 0.6 is 15.9 Å². The van der Waals surface area contributed by atoms with Gasteiger partial charge in [0.25, 0.3) is 0 Å². The molecule has 3 rings (SSSR count). The van der Waals surface area contributed by atoms with Crippen molar-refractivity contribution in [2.75, 3.05) is 5.73 Å². The van der Waals surface area contributed by atoms with Gasteiger partial charge in [0.15, 0.2) is 0 Å². The van der Waals surface area contributed by atoms with Crippen LogP contribution in [0.3, 0.4) is 0 Å². The fourth-order valence-electron chi connectivity index (χ4n) is 2.56. The molecule has 0 aliphatic carbocycles. The lowest BCUT2D eigenvalue weighted by molar-refractivity contribution is 0.629. The SMILES string of the molecule is Cc1cc(Br)cc(C)c1-n1c(N)nc2ccc(F)cc21. The predicted molar refractivity (Wildman–Crippen MR) is 82.6 cm³/mol. The van der Waals surface area contributed by atoms with Crippen molar-refractivity contribution in [2.24, 2.45) is 0 Å². The molecule has 0 aliphatic rings. The molecule has 0 atom stereocenters. The summed E-state index contributed by atoms with van der Waals surface area (Å²) in [6, 6.07) is 8.50. The molecule has 3 nitrogen and oxygen atoms in total. The van der Waals surface area contributed by atoms with E-state index in [0.717, 1.165) is 21.3 Å². The fraction of sp³-hybridized carbons (Fsp3) is 0.133. The van der Waals surface area contributed by atoms with Gasteiger partial charge in [0, 0.05) is 10.5 Å². The summed E-state index contributed by atoms with van der Waals surface area (Å²) in [7, 11) is 0. The minimum Gasteiger partial charge on any atom is -0.369 e. The summed E-state index contributed by atoms with van der Waals surface area (Å²) in [5.41, 5.74) is 10.4. The molecule has 0 spiro atoms. The summed E-state index contributed by atoms with van der Waals surface area (Å²) in [4.78, 5) is 4.30. The third kappa shape index (κ3) is 1.98. The number of nitrogen functional groups attached to an aromatic ring is 1. The second kappa shape index (κ2) is 4.59. The maximum Gasteiger partial charge on any atom is 0.205 e. The van der Waals surface area contributed by atoms with Crippen LogP contribution in [-0.4, -0.2) is 9.55 Å². The van der Waals surface area contributed by atoms with Crippen molar-refractivity contribution < 1.29 is 4.39 Å². The van der Waals surface area contributed by atoms with Gasteiger partial charge in [-0.15, -0.1) is 0 Å². The van der Waals surface area contributed by atoms with E-state index in [0.29, 0.717) is 17.0 Å². The Hall–Kier alpha value is -1.88. The van der Waals surface area contributed by atoms with Crippen molar-refractivity contribution >= 4 is 32.9 Å².